The van der Waals surface area contributed by atoms with Gasteiger partial charge in [0.05, 0.1) is 0 Å². The molecule has 0 atom stereocenters. The summed E-state index contributed by atoms with van der Waals surface area (Å²) < 4.78 is 35.0. The molecule has 1 amide bonds. The second kappa shape index (κ2) is 2.95. The first-order valence-corrected chi connectivity index (χ1v) is 3.73. The maximum absolute atomic E-state index is 11.7. The maximum Gasteiger partial charge on any atom is 0.397 e. The zero-order chi connectivity index (χ0) is 9.35. The van der Waals surface area contributed by atoms with Crippen molar-refractivity contribution in [2.24, 2.45) is 5.92 Å². The first-order valence-electron chi connectivity index (χ1n) is 3.73. The lowest BCUT2D eigenvalue weighted by Gasteiger charge is -2.37. The predicted octanol–water partition coefficient (Wildman–Crippen LogP) is 1.42. The number of nitrogens with zero attached hydrogens (tertiary/aromatic N) is 1. The molecule has 1 saturated heterocycles. The monoisotopic (exact) mass is 181 g/mol. The van der Waals surface area contributed by atoms with Gasteiger partial charge in [-0.25, -0.2) is 0 Å². The van der Waals surface area contributed by atoms with E-state index in [4.69, 9.17) is 0 Å². The Labute approximate surface area is 68.3 Å². The largest absolute Gasteiger partial charge is 0.397 e. The summed E-state index contributed by atoms with van der Waals surface area (Å²) in [5.41, 5.74) is 0. The standard InChI is InChI=1S/C7H10F3NO/c1-5-3-11(4-5)6(12)2-7(8,9)10/h5H,2-4H2,1H3. The van der Waals surface area contributed by atoms with E-state index in [2.05, 4.69) is 0 Å². The van der Waals surface area contributed by atoms with Gasteiger partial charge in [-0.05, 0) is 5.92 Å². The van der Waals surface area contributed by atoms with Gasteiger partial charge in [0.15, 0.2) is 0 Å². The number of amides is 1. The molecule has 0 radical (unpaired) electrons. The second-order valence-electron chi connectivity index (χ2n) is 3.20. The third kappa shape index (κ3) is 2.39. The minimum atomic E-state index is -4.37. The van der Waals surface area contributed by atoms with Crippen LogP contribution in [-0.4, -0.2) is 30.1 Å². The van der Waals surface area contributed by atoms with Gasteiger partial charge in [-0.2, -0.15) is 13.2 Å². The number of rotatable bonds is 1. The van der Waals surface area contributed by atoms with Crippen LogP contribution in [0.5, 0.6) is 0 Å². The molecule has 0 bridgehead atoms. The average molecular weight is 181 g/mol. The molecule has 1 aliphatic rings. The van der Waals surface area contributed by atoms with Crippen molar-refractivity contribution in [3.05, 3.63) is 0 Å². The van der Waals surface area contributed by atoms with Gasteiger partial charge < -0.3 is 4.90 Å². The van der Waals surface area contributed by atoms with Gasteiger partial charge in [-0.1, -0.05) is 6.92 Å². The van der Waals surface area contributed by atoms with E-state index in [0.29, 0.717) is 19.0 Å². The van der Waals surface area contributed by atoms with E-state index < -0.39 is 18.5 Å². The number of likely N-dealkylation sites (tertiary alicyclic amines) is 1. The Hall–Kier alpha value is -0.740. The van der Waals surface area contributed by atoms with Crippen molar-refractivity contribution in [2.45, 2.75) is 19.5 Å². The number of hydrogen-bond donors (Lipinski definition) is 0. The van der Waals surface area contributed by atoms with Crippen LogP contribution in [-0.2, 0) is 4.79 Å². The number of halogens is 3. The lowest BCUT2D eigenvalue weighted by atomic mass is 10.0. The molecule has 0 aliphatic carbocycles. The van der Waals surface area contributed by atoms with Crippen LogP contribution in [0, 0.1) is 5.92 Å². The van der Waals surface area contributed by atoms with E-state index in [9.17, 15) is 18.0 Å². The molecule has 12 heavy (non-hydrogen) atoms. The van der Waals surface area contributed by atoms with Crippen LogP contribution >= 0.6 is 0 Å². The first-order chi connectivity index (χ1) is 5.38. The molecule has 0 saturated carbocycles. The van der Waals surface area contributed by atoms with Crippen LogP contribution in [0.25, 0.3) is 0 Å². The van der Waals surface area contributed by atoms with Gasteiger partial charge in [0.1, 0.15) is 6.42 Å². The molecule has 0 aromatic rings. The molecule has 5 heteroatoms. The van der Waals surface area contributed by atoms with Crippen molar-refractivity contribution < 1.29 is 18.0 Å². The summed E-state index contributed by atoms with van der Waals surface area (Å²) in [4.78, 5) is 12.0. The smallest absolute Gasteiger partial charge is 0.342 e. The number of hydrogen-bond acceptors (Lipinski definition) is 1. The minimum Gasteiger partial charge on any atom is -0.342 e. The molecule has 1 fully saturated rings. The van der Waals surface area contributed by atoms with E-state index in [-0.39, 0.29) is 0 Å². The molecule has 0 aromatic carbocycles. The first kappa shape index (κ1) is 9.35. The van der Waals surface area contributed by atoms with Gasteiger partial charge in [0.25, 0.3) is 0 Å². The van der Waals surface area contributed by atoms with Crippen LogP contribution in [0.1, 0.15) is 13.3 Å². The summed E-state index contributed by atoms with van der Waals surface area (Å²) in [6, 6.07) is 0. The van der Waals surface area contributed by atoms with Crippen LogP contribution in [0.2, 0.25) is 0 Å². The van der Waals surface area contributed by atoms with Gasteiger partial charge in [-0.3, -0.25) is 4.79 Å². The van der Waals surface area contributed by atoms with Crippen LogP contribution < -0.4 is 0 Å². The molecular formula is C7H10F3NO. The van der Waals surface area contributed by atoms with Crippen LogP contribution in [0.15, 0.2) is 0 Å². The van der Waals surface area contributed by atoms with E-state index >= 15 is 0 Å². The van der Waals surface area contributed by atoms with E-state index in [1.54, 1.807) is 0 Å². The maximum atomic E-state index is 11.7. The Morgan fingerprint density at radius 3 is 2.33 bits per heavy atom. The highest BCUT2D eigenvalue weighted by Crippen LogP contribution is 2.23. The van der Waals surface area contributed by atoms with Crippen LogP contribution in [0.3, 0.4) is 0 Å². The third-order valence-electron chi connectivity index (χ3n) is 1.77. The zero-order valence-electron chi connectivity index (χ0n) is 6.69. The van der Waals surface area contributed by atoms with Crippen molar-refractivity contribution in [1.82, 2.24) is 4.90 Å². The van der Waals surface area contributed by atoms with Crippen molar-refractivity contribution >= 4 is 5.91 Å². The normalized spacial score (nSPS) is 19.2. The number of carbonyl (C=O) groups is 1. The summed E-state index contributed by atoms with van der Waals surface area (Å²) >= 11 is 0. The highest BCUT2D eigenvalue weighted by molar-refractivity contribution is 5.77. The third-order valence-corrected chi connectivity index (χ3v) is 1.77. The van der Waals surface area contributed by atoms with E-state index in [1.807, 2.05) is 6.92 Å². The molecule has 1 rings (SSSR count). The van der Waals surface area contributed by atoms with E-state index in [0.717, 1.165) is 0 Å². The van der Waals surface area contributed by atoms with Crippen molar-refractivity contribution in [2.75, 3.05) is 13.1 Å². The molecule has 70 valence electrons. The van der Waals surface area contributed by atoms with Crippen molar-refractivity contribution in [3.8, 4) is 0 Å². The zero-order valence-corrected chi connectivity index (χ0v) is 6.69. The summed E-state index contributed by atoms with van der Waals surface area (Å²) in [5, 5.41) is 0. The summed E-state index contributed by atoms with van der Waals surface area (Å²) in [6.45, 7) is 2.83. The van der Waals surface area contributed by atoms with Crippen LogP contribution in [0.4, 0.5) is 13.2 Å². The molecule has 1 aliphatic heterocycles. The molecular weight excluding hydrogens is 171 g/mol. The highest BCUT2D eigenvalue weighted by atomic mass is 19.4. The molecule has 1 heterocycles. The van der Waals surface area contributed by atoms with Gasteiger partial charge >= 0.3 is 6.18 Å². The van der Waals surface area contributed by atoms with Gasteiger partial charge in [-0.15, -0.1) is 0 Å². The molecule has 2 nitrogen and oxygen atoms in total. The fourth-order valence-corrected chi connectivity index (χ4v) is 1.19. The average Bonchev–Trinajstić information content (AvgIpc) is 1.76. The van der Waals surface area contributed by atoms with Gasteiger partial charge in [0.2, 0.25) is 5.91 Å². The van der Waals surface area contributed by atoms with E-state index in [1.165, 1.54) is 4.90 Å². The molecule has 0 N–H and O–H groups in total. The second-order valence-corrected chi connectivity index (χ2v) is 3.20. The topological polar surface area (TPSA) is 20.3 Å². The Bertz CT molecular complexity index is 184. The number of carbonyl (C=O) groups excluding carboxylic acids is 1. The Morgan fingerprint density at radius 1 is 1.50 bits per heavy atom. The summed E-state index contributed by atoms with van der Waals surface area (Å²) in [7, 11) is 0. The minimum absolute atomic E-state index is 0.349. The highest BCUT2D eigenvalue weighted by Gasteiger charge is 2.36. The Morgan fingerprint density at radius 2 is 2.00 bits per heavy atom. The Kier molecular flexibility index (Phi) is 2.30. The molecule has 0 aromatic heterocycles. The Balaban J connectivity index is 2.30. The van der Waals surface area contributed by atoms with Gasteiger partial charge in [0, 0.05) is 13.1 Å². The quantitative estimate of drug-likeness (QED) is 0.599. The van der Waals surface area contributed by atoms with Crippen molar-refractivity contribution in [3.63, 3.8) is 0 Å². The fourth-order valence-electron chi connectivity index (χ4n) is 1.19. The SMILES string of the molecule is CC1CN(C(=O)CC(F)(F)F)C1. The predicted molar refractivity (Wildman–Crippen MR) is 36.4 cm³/mol. The number of alkyl halides is 3. The fraction of sp³-hybridized carbons (Fsp3) is 0.857. The van der Waals surface area contributed by atoms with Crippen molar-refractivity contribution in [1.29, 1.82) is 0 Å². The lowest BCUT2D eigenvalue weighted by molar-refractivity contribution is -0.165. The summed E-state index contributed by atoms with van der Waals surface area (Å²) in [5.74, 6) is -0.456. The molecule has 0 spiro atoms. The lowest BCUT2D eigenvalue weighted by Crippen LogP contribution is -2.49. The summed E-state index contributed by atoms with van der Waals surface area (Å²) in [6.07, 6.45) is -5.68. The molecule has 0 unspecified atom stereocenters.